The molecule has 0 aliphatic heterocycles. The van der Waals surface area contributed by atoms with Crippen molar-refractivity contribution in [2.75, 3.05) is 7.11 Å². The highest BCUT2D eigenvalue weighted by Crippen LogP contribution is 2.26. The quantitative estimate of drug-likeness (QED) is 0.435. The van der Waals surface area contributed by atoms with Crippen LogP contribution in [0.1, 0.15) is 0 Å². The monoisotopic (exact) mass is 185 g/mol. The molecule has 12 heavy (non-hydrogen) atoms. The van der Waals surface area contributed by atoms with Crippen LogP contribution in [0.15, 0.2) is 23.1 Å². The van der Waals surface area contributed by atoms with E-state index in [0.29, 0.717) is 10.6 Å². The van der Waals surface area contributed by atoms with E-state index in [0.717, 1.165) is 0 Å². The van der Waals surface area contributed by atoms with Crippen LogP contribution in [0.5, 0.6) is 5.75 Å². The Morgan fingerprint density at radius 3 is 2.75 bits per heavy atom. The van der Waals surface area contributed by atoms with E-state index < -0.39 is 4.92 Å². The summed E-state index contributed by atoms with van der Waals surface area (Å²) in [6.45, 7) is 0. The van der Waals surface area contributed by atoms with Gasteiger partial charge in [0.05, 0.1) is 18.1 Å². The van der Waals surface area contributed by atoms with E-state index in [9.17, 15) is 10.1 Å². The number of nitrogens with zero attached hydrogens (tertiary/aromatic N) is 1. The summed E-state index contributed by atoms with van der Waals surface area (Å²) in [7, 11) is 1.44. The van der Waals surface area contributed by atoms with Gasteiger partial charge in [-0.15, -0.1) is 12.6 Å². The molecule has 4 nitrogen and oxygen atoms in total. The average molecular weight is 185 g/mol. The lowest BCUT2D eigenvalue weighted by molar-refractivity contribution is -0.385. The summed E-state index contributed by atoms with van der Waals surface area (Å²) < 4.78 is 4.85. The van der Waals surface area contributed by atoms with Gasteiger partial charge in [0.2, 0.25) is 0 Å². The predicted molar refractivity (Wildman–Crippen MR) is 46.9 cm³/mol. The second-order valence-electron chi connectivity index (χ2n) is 2.11. The first-order valence-electron chi connectivity index (χ1n) is 3.16. The zero-order valence-electron chi connectivity index (χ0n) is 6.35. The van der Waals surface area contributed by atoms with Crippen molar-refractivity contribution in [3.63, 3.8) is 0 Å². The highest BCUT2D eigenvalue weighted by Gasteiger charge is 2.08. The first-order valence-corrected chi connectivity index (χ1v) is 3.61. The Hall–Kier alpha value is -1.23. The van der Waals surface area contributed by atoms with Crippen LogP contribution in [0.3, 0.4) is 0 Å². The maximum absolute atomic E-state index is 10.3. The van der Waals surface area contributed by atoms with Gasteiger partial charge in [-0.25, -0.2) is 0 Å². The van der Waals surface area contributed by atoms with Crippen LogP contribution in [0, 0.1) is 10.1 Å². The van der Waals surface area contributed by atoms with Gasteiger partial charge >= 0.3 is 0 Å². The molecule has 0 radical (unpaired) electrons. The Morgan fingerprint density at radius 1 is 1.58 bits per heavy atom. The van der Waals surface area contributed by atoms with Gasteiger partial charge in [0, 0.05) is 11.0 Å². The number of non-ortho nitro benzene ring substituents is 1. The third-order valence-electron chi connectivity index (χ3n) is 1.37. The highest BCUT2D eigenvalue weighted by atomic mass is 32.1. The Balaban J connectivity index is 3.13. The van der Waals surface area contributed by atoms with Crippen LogP contribution in [-0.4, -0.2) is 12.0 Å². The molecular weight excluding hydrogens is 178 g/mol. The molecule has 0 N–H and O–H groups in total. The van der Waals surface area contributed by atoms with Crippen LogP contribution in [0.4, 0.5) is 5.69 Å². The summed E-state index contributed by atoms with van der Waals surface area (Å²) in [5.41, 5.74) is 0.00431. The van der Waals surface area contributed by atoms with Crippen molar-refractivity contribution >= 4 is 18.3 Å². The van der Waals surface area contributed by atoms with Gasteiger partial charge in [-0.2, -0.15) is 0 Å². The van der Waals surface area contributed by atoms with Gasteiger partial charge < -0.3 is 4.74 Å². The third-order valence-corrected chi connectivity index (χ3v) is 1.74. The van der Waals surface area contributed by atoms with Crippen LogP contribution >= 0.6 is 12.6 Å². The summed E-state index contributed by atoms with van der Waals surface area (Å²) in [5.74, 6) is 0.410. The smallest absolute Gasteiger partial charge is 0.273 e. The van der Waals surface area contributed by atoms with Crippen molar-refractivity contribution < 1.29 is 9.66 Å². The molecule has 0 heterocycles. The van der Waals surface area contributed by atoms with Crippen molar-refractivity contribution in [3.8, 4) is 5.75 Å². The fraction of sp³-hybridized carbons (Fsp3) is 0.143. The number of nitro benzene ring substituents is 1. The Labute approximate surface area is 74.7 Å². The van der Waals surface area contributed by atoms with Gasteiger partial charge in [-0.05, 0) is 6.07 Å². The molecule has 0 aromatic heterocycles. The predicted octanol–water partition coefficient (Wildman–Crippen LogP) is 1.89. The molecule has 1 rings (SSSR count). The van der Waals surface area contributed by atoms with Crippen molar-refractivity contribution in [1.29, 1.82) is 0 Å². The maximum Gasteiger partial charge on any atom is 0.273 e. The zero-order chi connectivity index (χ0) is 9.14. The van der Waals surface area contributed by atoms with Gasteiger partial charge in [-0.3, -0.25) is 10.1 Å². The SMILES string of the molecule is COc1cc([N+](=O)[O-])ccc1S. The highest BCUT2D eigenvalue weighted by molar-refractivity contribution is 7.80. The molecular formula is C7H7NO3S. The van der Waals surface area contributed by atoms with Crippen LogP contribution in [-0.2, 0) is 0 Å². The molecule has 0 saturated heterocycles. The maximum atomic E-state index is 10.3. The molecule has 0 amide bonds. The Bertz CT molecular complexity index is 314. The molecule has 0 saturated carbocycles. The van der Waals surface area contributed by atoms with Crippen LogP contribution in [0.25, 0.3) is 0 Å². The number of thiol groups is 1. The van der Waals surface area contributed by atoms with Gasteiger partial charge in [0.1, 0.15) is 5.75 Å². The lowest BCUT2D eigenvalue weighted by Crippen LogP contribution is -1.90. The van der Waals surface area contributed by atoms with E-state index >= 15 is 0 Å². The number of benzene rings is 1. The minimum absolute atomic E-state index is 0.00431. The molecule has 0 bridgehead atoms. The number of methoxy groups -OCH3 is 1. The molecule has 5 heteroatoms. The summed E-state index contributed by atoms with van der Waals surface area (Å²) >= 11 is 4.05. The van der Waals surface area contributed by atoms with E-state index in [1.807, 2.05) is 0 Å². The van der Waals surface area contributed by atoms with Gasteiger partial charge in [0.25, 0.3) is 5.69 Å². The van der Waals surface area contributed by atoms with E-state index in [-0.39, 0.29) is 5.69 Å². The molecule has 0 spiro atoms. The number of hydrogen-bond donors (Lipinski definition) is 1. The zero-order valence-corrected chi connectivity index (χ0v) is 7.25. The average Bonchev–Trinajstić information content (AvgIpc) is 2.05. The molecule has 0 fully saturated rings. The minimum Gasteiger partial charge on any atom is -0.495 e. The lowest BCUT2D eigenvalue weighted by atomic mass is 10.3. The molecule has 1 aromatic carbocycles. The lowest BCUT2D eigenvalue weighted by Gasteiger charge is -2.01. The Morgan fingerprint density at radius 2 is 2.25 bits per heavy atom. The normalized spacial score (nSPS) is 9.50. The molecule has 0 unspecified atom stereocenters. The fourth-order valence-corrected chi connectivity index (χ4v) is 1.01. The second-order valence-corrected chi connectivity index (χ2v) is 2.60. The molecule has 64 valence electrons. The molecule has 0 aliphatic rings. The number of hydrogen-bond acceptors (Lipinski definition) is 4. The van der Waals surface area contributed by atoms with Crippen LogP contribution < -0.4 is 4.74 Å². The first-order chi connectivity index (χ1) is 5.65. The van der Waals surface area contributed by atoms with Crippen molar-refractivity contribution in [2.24, 2.45) is 0 Å². The summed E-state index contributed by atoms with van der Waals surface area (Å²) in [5, 5.41) is 10.3. The third kappa shape index (κ3) is 1.68. The van der Waals surface area contributed by atoms with E-state index in [4.69, 9.17) is 4.74 Å². The topological polar surface area (TPSA) is 52.4 Å². The Kier molecular flexibility index (Phi) is 2.54. The van der Waals surface area contributed by atoms with Crippen LogP contribution in [0.2, 0.25) is 0 Å². The standard InChI is InChI=1S/C7H7NO3S/c1-11-6-4-5(8(9)10)2-3-7(6)12/h2-4,12H,1H3. The molecule has 0 atom stereocenters. The van der Waals surface area contributed by atoms with Crippen molar-refractivity contribution in [2.45, 2.75) is 4.90 Å². The van der Waals surface area contributed by atoms with Gasteiger partial charge in [0.15, 0.2) is 0 Å². The van der Waals surface area contributed by atoms with E-state index in [2.05, 4.69) is 12.6 Å². The van der Waals surface area contributed by atoms with E-state index in [1.165, 1.54) is 25.3 Å². The fourth-order valence-electron chi connectivity index (χ4n) is 0.780. The first kappa shape index (κ1) is 8.86. The number of ether oxygens (including phenoxy) is 1. The summed E-state index contributed by atoms with van der Waals surface area (Å²) in [4.78, 5) is 10.4. The van der Waals surface area contributed by atoms with Gasteiger partial charge in [-0.1, -0.05) is 0 Å². The van der Waals surface area contributed by atoms with E-state index in [1.54, 1.807) is 0 Å². The molecule has 1 aromatic rings. The van der Waals surface area contributed by atoms with Crippen molar-refractivity contribution in [1.82, 2.24) is 0 Å². The minimum atomic E-state index is -0.476. The summed E-state index contributed by atoms with van der Waals surface area (Å²) in [6.07, 6.45) is 0. The second kappa shape index (κ2) is 3.44. The van der Waals surface area contributed by atoms with Crippen molar-refractivity contribution in [3.05, 3.63) is 28.3 Å². The number of rotatable bonds is 2. The molecule has 0 aliphatic carbocycles. The number of nitro groups is 1. The summed E-state index contributed by atoms with van der Waals surface area (Å²) in [6, 6.07) is 4.24. The largest absolute Gasteiger partial charge is 0.495 e.